The van der Waals surface area contributed by atoms with E-state index in [1.807, 2.05) is 18.2 Å². The van der Waals surface area contributed by atoms with Gasteiger partial charge < -0.3 is 19.5 Å². The number of aliphatic hydroxyl groups excluding tert-OH is 1. The Hall–Kier alpha value is -3.08. The Morgan fingerprint density at radius 1 is 1.12 bits per heavy atom. The number of anilines is 1. The van der Waals surface area contributed by atoms with Crippen LogP contribution in [-0.4, -0.2) is 57.0 Å². The number of carbonyl (C=O) groups excluding carboxylic acids is 2. The lowest BCUT2D eigenvalue weighted by molar-refractivity contribution is -0.140. The van der Waals surface area contributed by atoms with Crippen LogP contribution in [0.2, 0.25) is 5.02 Å². The average Bonchev–Trinajstić information content (AvgIpc) is 2.97. The third-order valence-corrected chi connectivity index (χ3v) is 10.5. The number of sulfonamides is 1. The molecule has 0 unspecified atom stereocenters. The van der Waals surface area contributed by atoms with E-state index < -0.39 is 33.3 Å². The number of nitrogens with zero attached hydrogens (tertiary/aromatic N) is 1. The lowest BCUT2D eigenvalue weighted by atomic mass is 9.70. The van der Waals surface area contributed by atoms with Gasteiger partial charge in [0.1, 0.15) is 12.4 Å². The first-order chi connectivity index (χ1) is 20.2. The van der Waals surface area contributed by atoms with Crippen molar-refractivity contribution in [3.63, 3.8) is 0 Å². The van der Waals surface area contributed by atoms with Crippen LogP contribution >= 0.6 is 11.6 Å². The van der Waals surface area contributed by atoms with Crippen LogP contribution in [0.4, 0.5) is 5.69 Å². The topological polar surface area (TPSA) is 122 Å². The van der Waals surface area contributed by atoms with Crippen molar-refractivity contribution in [3.05, 3.63) is 70.3 Å². The molecule has 0 aromatic heterocycles. The molecule has 0 saturated heterocycles. The van der Waals surface area contributed by atoms with E-state index in [2.05, 4.69) is 9.62 Å². The fourth-order valence-corrected chi connectivity index (χ4v) is 7.56. The summed E-state index contributed by atoms with van der Waals surface area (Å²) in [5, 5.41) is 10.1. The third kappa shape index (κ3) is 6.76. The Labute approximate surface area is 251 Å². The fourth-order valence-electron chi connectivity index (χ4n) is 6.05. The van der Waals surface area contributed by atoms with Gasteiger partial charge in [-0.25, -0.2) is 13.1 Å². The van der Waals surface area contributed by atoms with Gasteiger partial charge in [0.25, 0.3) is 5.91 Å². The molecule has 11 heteroatoms. The van der Waals surface area contributed by atoms with Crippen molar-refractivity contribution in [2.45, 2.75) is 62.9 Å². The van der Waals surface area contributed by atoms with Crippen LogP contribution in [-0.2, 0) is 32.6 Å². The van der Waals surface area contributed by atoms with E-state index in [9.17, 15) is 23.1 Å². The Balaban J connectivity index is 1.54. The van der Waals surface area contributed by atoms with Gasteiger partial charge in [-0.15, -0.1) is 0 Å². The number of allylic oxidation sites excluding steroid dienone is 1. The average molecular weight is 617 g/mol. The summed E-state index contributed by atoms with van der Waals surface area (Å²) >= 11 is 6.28. The zero-order valence-corrected chi connectivity index (χ0v) is 25.2. The minimum Gasteiger partial charge on any atom is -0.487 e. The quantitative estimate of drug-likeness (QED) is 0.357. The predicted molar refractivity (Wildman–Crippen MR) is 160 cm³/mol. The number of hydrogen-bond donors (Lipinski definition) is 2. The lowest BCUT2D eigenvalue weighted by Gasteiger charge is -2.42. The molecular formula is C31H37ClN2O7S. The van der Waals surface area contributed by atoms with Crippen molar-refractivity contribution >= 4 is 39.2 Å². The first-order valence-electron chi connectivity index (χ1n) is 14.4. The molecule has 4 atom stereocenters. The highest BCUT2D eigenvalue weighted by molar-refractivity contribution is 7.91. The maximum atomic E-state index is 13.3. The molecule has 2 N–H and O–H groups in total. The molecule has 2 heterocycles. The second-order valence-electron chi connectivity index (χ2n) is 11.3. The number of amides is 1. The van der Waals surface area contributed by atoms with Crippen molar-refractivity contribution in [2.24, 2.45) is 11.8 Å². The summed E-state index contributed by atoms with van der Waals surface area (Å²) in [6.45, 7) is 1.66. The minimum atomic E-state index is -4.41. The van der Waals surface area contributed by atoms with Crippen LogP contribution in [0.25, 0.3) is 0 Å². The SMILES string of the molecule is COC(=O)[C@H]1CC/C=C/[C@H](O)[C@@H]2CC[C@H]2CN2CCCCc3cc(Cl)ccc3COc3ccc(cc32)C(=O)NS1(=O)=O. The fraction of sp³-hybridized carbons (Fsp3) is 0.484. The van der Waals surface area contributed by atoms with Crippen molar-refractivity contribution in [1.29, 1.82) is 0 Å². The Morgan fingerprint density at radius 3 is 2.71 bits per heavy atom. The van der Waals surface area contributed by atoms with Gasteiger partial charge in [0.05, 0.1) is 18.9 Å². The number of carbonyl (C=O) groups is 2. The summed E-state index contributed by atoms with van der Waals surface area (Å²) in [4.78, 5) is 27.9. The molecule has 1 amide bonds. The lowest BCUT2D eigenvalue weighted by Crippen LogP contribution is -2.44. The third-order valence-electron chi connectivity index (χ3n) is 8.61. The predicted octanol–water partition coefficient (Wildman–Crippen LogP) is 4.40. The second-order valence-corrected chi connectivity index (χ2v) is 13.6. The first-order valence-corrected chi connectivity index (χ1v) is 16.4. The van der Waals surface area contributed by atoms with Gasteiger partial charge in [-0.1, -0.05) is 29.8 Å². The molecule has 0 spiro atoms. The standard InChI is InChI=1S/C31H37ClN2O7S/c1-40-31(37)29-8-3-2-7-27(35)25-13-10-22(25)18-34-15-5-4-6-20-16-24(32)12-9-23(20)19-41-28-14-11-21(17-26(28)34)30(36)33-42(29,38)39/h2,7,9,11-12,14,16-17,22,25,27,29,35H,3-6,8,10,13,15,18-19H2,1H3,(H,33,36)/b7-2+/t22-,25+,27-,29+/m0/s1. The Bertz CT molecular complexity index is 1460. The highest BCUT2D eigenvalue weighted by atomic mass is 35.5. The van der Waals surface area contributed by atoms with E-state index in [4.69, 9.17) is 21.1 Å². The van der Waals surface area contributed by atoms with Gasteiger partial charge in [0.2, 0.25) is 10.0 Å². The maximum Gasteiger partial charge on any atom is 0.326 e. The number of rotatable bonds is 1. The summed E-state index contributed by atoms with van der Waals surface area (Å²) in [5.41, 5.74) is 2.99. The summed E-state index contributed by atoms with van der Waals surface area (Å²) in [5.74, 6) is -0.934. The summed E-state index contributed by atoms with van der Waals surface area (Å²) < 4.78 is 39.5. The summed E-state index contributed by atoms with van der Waals surface area (Å²) in [6, 6.07) is 10.7. The van der Waals surface area contributed by atoms with Crippen LogP contribution in [0, 0.1) is 11.8 Å². The monoisotopic (exact) mass is 616 g/mol. The number of esters is 1. The maximum absolute atomic E-state index is 13.3. The normalized spacial score (nSPS) is 27.0. The van der Waals surface area contributed by atoms with Crippen molar-refractivity contribution < 1.29 is 32.6 Å². The van der Waals surface area contributed by atoms with E-state index in [1.54, 1.807) is 24.3 Å². The number of benzene rings is 2. The minimum absolute atomic E-state index is 0.0507. The summed E-state index contributed by atoms with van der Waals surface area (Å²) in [7, 11) is -3.30. The number of ether oxygens (including phenoxy) is 2. The zero-order valence-electron chi connectivity index (χ0n) is 23.6. The molecule has 2 aromatic rings. The van der Waals surface area contributed by atoms with Crippen LogP contribution in [0.15, 0.2) is 48.6 Å². The van der Waals surface area contributed by atoms with Crippen molar-refractivity contribution in [1.82, 2.24) is 4.72 Å². The van der Waals surface area contributed by atoms with E-state index in [1.165, 1.54) is 6.07 Å². The summed E-state index contributed by atoms with van der Waals surface area (Å²) in [6.07, 6.45) is 7.33. The van der Waals surface area contributed by atoms with E-state index in [0.717, 1.165) is 50.3 Å². The largest absolute Gasteiger partial charge is 0.487 e. The van der Waals surface area contributed by atoms with Gasteiger partial charge >= 0.3 is 5.97 Å². The molecule has 3 aliphatic rings. The molecule has 2 bridgehead atoms. The van der Waals surface area contributed by atoms with Gasteiger partial charge in [-0.05, 0) is 98.2 Å². The van der Waals surface area contributed by atoms with Crippen LogP contribution in [0.1, 0.15) is 60.0 Å². The van der Waals surface area contributed by atoms with E-state index in [0.29, 0.717) is 36.2 Å². The highest BCUT2D eigenvalue weighted by Gasteiger charge is 2.38. The molecule has 2 aromatic carbocycles. The molecule has 5 rings (SSSR count). The van der Waals surface area contributed by atoms with Crippen LogP contribution in [0.5, 0.6) is 5.75 Å². The number of halogens is 1. The smallest absolute Gasteiger partial charge is 0.326 e. The van der Waals surface area contributed by atoms with Crippen molar-refractivity contribution in [2.75, 3.05) is 25.1 Å². The number of aliphatic hydroxyl groups is 1. The zero-order chi connectivity index (χ0) is 29.9. The van der Waals surface area contributed by atoms with E-state index >= 15 is 0 Å². The molecule has 226 valence electrons. The second kappa shape index (κ2) is 13.1. The molecule has 9 nitrogen and oxygen atoms in total. The Kier molecular flexibility index (Phi) is 9.44. The molecular weight excluding hydrogens is 580 g/mol. The van der Waals surface area contributed by atoms with Gasteiger partial charge in [0, 0.05) is 23.7 Å². The van der Waals surface area contributed by atoms with Crippen LogP contribution in [0.3, 0.4) is 0 Å². The first kappa shape index (κ1) is 30.4. The van der Waals surface area contributed by atoms with Gasteiger partial charge in [0.15, 0.2) is 5.25 Å². The molecule has 1 saturated carbocycles. The number of aryl methyl sites for hydroxylation is 1. The van der Waals surface area contributed by atoms with Gasteiger partial charge in [-0.3, -0.25) is 9.59 Å². The highest BCUT2D eigenvalue weighted by Crippen LogP contribution is 2.41. The number of fused-ring (bicyclic) bond motifs is 3. The Morgan fingerprint density at radius 2 is 1.95 bits per heavy atom. The van der Waals surface area contributed by atoms with Crippen LogP contribution < -0.4 is 14.4 Å². The molecule has 1 fully saturated rings. The molecule has 2 aliphatic heterocycles. The number of hydrogen-bond acceptors (Lipinski definition) is 8. The molecule has 1 aliphatic carbocycles. The number of nitrogens with one attached hydrogen (secondary N) is 1. The molecule has 0 radical (unpaired) electrons. The number of methoxy groups -OCH3 is 1. The molecule has 42 heavy (non-hydrogen) atoms. The van der Waals surface area contributed by atoms with Crippen molar-refractivity contribution in [3.8, 4) is 5.75 Å². The van der Waals surface area contributed by atoms with E-state index in [-0.39, 0.29) is 30.2 Å². The van der Waals surface area contributed by atoms with Gasteiger partial charge in [-0.2, -0.15) is 0 Å².